The third-order valence-corrected chi connectivity index (χ3v) is 3.67. The van der Waals surface area contributed by atoms with Crippen molar-refractivity contribution in [3.8, 4) is 11.3 Å². The van der Waals surface area contributed by atoms with Gasteiger partial charge in [-0.3, -0.25) is 10.7 Å². The van der Waals surface area contributed by atoms with E-state index in [0.717, 1.165) is 24.1 Å². The van der Waals surface area contributed by atoms with Crippen molar-refractivity contribution in [2.75, 3.05) is 5.32 Å². The molecule has 0 radical (unpaired) electrons. The number of hydrogen-bond donors (Lipinski definition) is 4. The predicted octanol–water partition coefficient (Wildman–Crippen LogP) is 2.96. The molecule has 1 amide bonds. The second-order valence-electron chi connectivity index (χ2n) is 5.21. The van der Waals surface area contributed by atoms with Crippen LogP contribution in [0.15, 0.2) is 30.6 Å². The first-order valence-electron chi connectivity index (χ1n) is 7.00. The molecule has 23 heavy (non-hydrogen) atoms. The van der Waals surface area contributed by atoms with E-state index in [1.54, 1.807) is 6.07 Å². The first-order chi connectivity index (χ1) is 11.0. The SMILES string of the molecule is N=C(NC(=O)O)c1cc(-c2ccc(NC3CC3)c(Cl)c2)ncn1. The summed E-state index contributed by atoms with van der Waals surface area (Å²) >= 11 is 6.28. The first kappa shape index (κ1) is 15.2. The molecule has 1 heterocycles. The standard InChI is InChI=1S/C15H14ClN5O2/c16-10-5-8(1-4-11(10)20-9-2-3-9)12-6-13(19-7-18-12)14(17)21-15(22)23/h1,4-7,9,20H,2-3H2,(H2,17,21)(H,22,23). The van der Waals surface area contributed by atoms with Crippen molar-refractivity contribution < 1.29 is 9.90 Å². The Morgan fingerprint density at radius 2 is 2.09 bits per heavy atom. The van der Waals surface area contributed by atoms with Crippen molar-refractivity contribution in [1.82, 2.24) is 15.3 Å². The van der Waals surface area contributed by atoms with Gasteiger partial charge in [0.05, 0.1) is 16.4 Å². The van der Waals surface area contributed by atoms with Crippen LogP contribution in [0.3, 0.4) is 0 Å². The van der Waals surface area contributed by atoms with E-state index in [9.17, 15) is 4.79 Å². The van der Waals surface area contributed by atoms with Gasteiger partial charge in [-0.2, -0.15) is 0 Å². The fourth-order valence-corrected chi connectivity index (χ4v) is 2.30. The smallest absolute Gasteiger partial charge is 0.410 e. The Morgan fingerprint density at radius 1 is 1.30 bits per heavy atom. The molecule has 3 rings (SSSR count). The molecule has 1 aromatic carbocycles. The van der Waals surface area contributed by atoms with Gasteiger partial charge in [0, 0.05) is 11.6 Å². The van der Waals surface area contributed by atoms with Gasteiger partial charge in [0.15, 0.2) is 5.84 Å². The highest BCUT2D eigenvalue weighted by molar-refractivity contribution is 6.33. The summed E-state index contributed by atoms with van der Waals surface area (Å²) in [6, 6.07) is 7.59. The van der Waals surface area contributed by atoms with Crippen LogP contribution in [0.25, 0.3) is 11.3 Å². The lowest BCUT2D eigenvalue weighted by Crippen LogP contribution is -2.29. The molecule has 0 unspecified atom stereocenters. The Kier molecular flexibility index (Phi) is 4.12. The number of aromatic nitrogens is 2. The van der Waals surface area contributed by atoms with Crippen LogP contribution in [0.5, 0.6) is 0 Å². The molecular formula is C15H14ClN5O2. The van der Waals surface area contributed by atoms with E-state index < -0.39 is 6.09 Å². The largest absolute Gasteiger partial charge is 0.465 e. The first-order valence-corrected chi connectivity index (χ1v) is 7.38. The fraction of sp³-hybridized carbons (Fsp3) is 0.200. The molecule has 0 bridgehead atoms. The Hall–Kier alpha value is -2.67. The summed E-state index contributed by atoms with van der Waals surface area (Å²) in [5.41, 5.74) is 2.40. The quantitative estimate of drug-likeness (QED) is 0.508. The van der Waals surface area contributed by atoms with Gasteiger partial charge >= 0.3 is 6.09 Å². The summed E-state index contributed by atoms with van der Waals surface area (Å²) in [5.74, 6) is -0.306. The Labute approximate surface area is 137 Å². The van der Waals surface area contributed by atoms with Gasteiger partial charge in [0.25, 0.3) is 0 Å². The molecule has 8 heteroatoms. The number of nitrogens with zero attached hydrogens (tertiary/aromatic N) is 2. The van der Waals surface area contributed by atoms with Crippen LogP contribution in [0.2, 0.25) is 5.02 Å². The van der Waals surface area contributed by atoms with Gasteiger partial charge in [-0.1, -0.05) is 17.7 Å². The normalized spacial score (nSPS) is 13.4. The van der Waals surface area contributed by atoms with E-state index in [0.29, 0.717) is 16.8 Å². The molecule has 1 aliphatic rings. The van der Waals surface area contributed by atoms with Gasteiger partial charge in [-0.05, 0) is 31.0 Å². The van der Waals surface area contributed by atoms with Crippen molar-refractivity contribution >= 4 is 29.2 Å². The zero-order valence-electron chi connectivity index (χ0n) is 12.0. The van der Waals surface area contributed by atoms with Crippen LogP contribution in [0.1, 0.15) is 18.5 Å². The number of hydrogen-bond acceptors (Lipinski definition) is 5. The number of amides is 1. The zero-order valence-corrected chi connectivity index (χ0v) is 12.8. The number of carbonyl (C=O) groups is 1. The lowest BCUT2D eigenvalue weighted by molar-refractivity contribution is 0.200. The number of anilines is 1. The number of benzene rings is 1. The maximum absolute atomic E-state index is 10.6. The van der Waals surface area contributed by atoms with Crippen molar-refractivity contribution in [3.63, 3.8) is 0 Å². The molecule has 2 aromatic rings. The Bertz CT molecular complexity index is 776. The van der Waals surface area contributed by atoms with Crippen LogP contribution in [-0.2, 0) is 0 Å². The van der Waals surface area contributed by atoms with Gasteiger partial charge in [0.2, 0.25) is 0 Å². The summed E-state index contributed by atoms with van der Waals surface area (Å²) in [5, 5.41) is 22.2. The molecule has 0 saturated heterocycles. The molecule has 4 N–H and O–H groups in total. The minimum Gasteiger partial charge on any atom is -0.465 e. The van der Waals surface area contributed by atoms with E-state index in [1.807, 2.05) is 17.4 Å². The zero-order chi connectivity index (χ0) is 16.4. The van der Waals surface area contributed by atoms with Crippen LogP contribution >= 0.6 is 11.6 Å². The number of carboxylic acid groups (broad SMARTS) is 1. The number of halogens is 1. The number of amidine groups is 1. The molecule has 118 valence electrons. The average Bonchev–Trinajstić information content (AvgIpc) is 3.33. The molecular weight excluding hydrogens is 318 g/mol. The van der Waals surface area contributed by atoms with E-state index in [4.69, 9.17) is 22.1 Å². The second kappa shape index (κ2) is 6.21. The third-order valence-electron chi connectivity index (χ3n) is 3.36. The summed E-state index contributed by atoms with van der Waals surface area (Å²) in [6.07, 6.45) is 2.29. The van der Waals surface area contributed by atoms with Crippen molar-refractivity contribution in [2.45, 2.75) is 18.9 Å². The van der Waals surface area contributed by atoms with E-state index in [2.05, 4.69) is 15.3 Å². The molecule has 0 atom stereocenters. The highest BCUT2D eigenvalue weighted by Crippen LogP contribution is 2.32. The third kappa shape index (κ3) is 3.75. The minimum absolute atomic E-state index is 0.189. The maximum Gasteiger partial charge on any atom is 0.410 e. The topological polar surface area (TPSA) is 111 Å². The molecule has 1 fully saturated rings. The molecule has 7 nitrogen and oxygen atoms in total. The monoisotopic (exact) mass is 331 g/mol. The van der Waals surface area contributed by atoms with Crippen LogP contribution < -0.4 is 10.6 Å². The minimum atomic E-state index is -1.31. The van der Waals surface area contributed by atoms with E-state index in [-0.39, 0.29) is 11.5 Å². The van der Waals surface area contributed by atoms with Gasteiger partial charge < -0.3 is 10.4 Å². The summed E-state index contributed by atoms with van der Waals surface area (Å²) in [6.45, 7) is 0. The van der Waals surface area contributed by atoms with Gasteiger partial charge in [0.1, 0.15) is 12.0 Å². The molecule has 0 spiro atoms. The van der Waals surface area contributed by atoms with E-state index in [1.165, 1.54) is 12.4 Å². The van der Waals surface area contributed by atoms with E-state index >= 15 is 0 Å². The highest BCUT2D eigenvalue weighted by Gasteiger charge is 2.21. The summed E-state index contributed by atoms with van der Waals surface area (Å²) < 4.78 is 0. The highest BCUT2D eigenvalue weighted by atomic mass is 35.5. The van der Waals surface area contributed by atoms with Crippen LogP contribution in [0, 0.1) is 5.41 Å². The fourth-order valence-electron chi connectivity index (χ4n) is 2.06. The molecule has 1 saturated carbocycles. The summed E-state index contributed by atoms with van der Waals surface area (Å²) in [4.78, 5) is 18.6. The predicted molar refractivity (Wildman–Crippen MR) is 87.1 cm³/mol. The van der Waals surface area contributed by atoms with Crippen molar-refractivity contribution in [1.29, 1.82) is 5.41 Å². The van der Waals surface area contributed by atoms with Crippen LogP contribution in [0.4, 0.5) is 10.5 Å². The lowest BCUT2D eigenvalue weighted by atomic mass is 10.1. The molecule has 1 aliphatic carbocycles. The Balaban J connectivity index is 1.84. The maximum atomic E-state index is 10.6. The van der Waals surface area contributed by atoms with Crippen molar-refractivity contribution in [3.05, 3.63) is 41.3 Å². The second-order valence-corrected chi connectivity index (χ2v) is 5.61. The summed E-state index contributed by atoms with van der Waals surface area (Å²) in [7, 11) is 0. The van der Waals surface area contributed by atoms with Crippen LogP contribution in [-0.4, -0.2) is 33.0 Å². The molecule has 1 aromatic heterocycles. The lowest BCUT2D eigenvalue weighted by Gasteiger charge is -2.09. The number of rotatable bonds is 4. The van der Waals surface area contributed by atoms with Crippen molar-refractivity contribution in [2.24, 2.45) is 0 Å². The Morgan fingerprint density at radius 3 is 2.74 bits per heavy atom. The van der Waals surface area contributed by atoms with Gasteiger partial charge in [-0.25, -0.2) is 14.8 Å². The average molecular weight is 332 g/mol. The molecule has 0 aliphatic heterocycles. The number of nitrogens with one attached hydrogen (secondary N) is 3. The van der Waals surface area contributed by atoms with Gasteiger partial charge in [-0.15, -0.1) is 0 Å².